The number of aromatic nitrogens is 2. The number of halogens is 1. The Morgan fingerprint density at radius 2 is 2.00 bits per heavy atom. The summed E-state index contributed by atoms with van der Waals surface area (Å²) in [5.41, 5.74) is -0.665. The molecule has 0 radical (unpaired) electrons. The molecule has 33 heavy (non-hydrogen) atoms. The van der Waals surface area contributed by atoms with Gasteiger partial charge in [0.2, 0.25) is 5.43 Å². The number of carbonyl (C=O) groups excluding carboxylic acids is 1. The van der Waals surface area contributed by atoms with Gasteiger partial charge in [0.05, 0.1) is 5.69 Å². The lowest BCUT2D eigenvalue weighted by atomic mass is 9.86. The average molecular weight is 448 g/mol. The summed E-state index contributed by atoms with van der Waals surface area (Å²) in [6, 6.07) is 10.9. The molecular formula is C24H21FN4O4. The molecule has 0 unspecified atom stereocenters. The van der Waals surface area contributed by atoms with Gasteiger partial charge in [-0.05, 0) is 37.3 Å². The Hall–Kier alpha value is -4.14. The zero-order valence-corrected chi connectivity index (χ0v) is 17.8. The third-order valence-electron chi connectivity index (χ3n) is 6.08. The van der Waals surface area contributed by atoms with Crippen molar-refractivity contribution in [2.45, 2.75) is 12.5 Å². The molecule has 5 rings (SSSR count). The molecular weight excluding hydrogens is 427 g/mol. The van der Waals surface area contributed by atoms with E-state index in [4.69, 9.17) is 4.74 Å². The van der Waals surface area contributed by atoms with Crippen molar-refractivity contribution in [1.82, 2.24) is 14.6 Å². The molecule has 3 aromatic rings. The molecule has 0 fully saturated rings. The highest BCUT2D eigenvalue weighted by Gasteiger charge is 2.45. The Labute approximate surface area is 188 Å². The lowest BCUT2D eigenvalue weighted by molar-refractivity contribution is 0.0684. The van der Waals surface area contributed by atoms with Gasteiger partial charge in [-0.25, -0.2) is 4.39 Å². The van der Waals surface area contributed by atoms with Crippen LogP contribution in [0.1, 0.15) is 28.7 Å². The zero-order valence-electron chi connectivity index (χ0n) is 17.8. The highest BCUT2D eigenvalue weighted by atomic mass is 19.1. The second-order valence-corrected chi connectivity index (χ2v) is 8.00. The van der Waals surface area contributed by atoms with Crippen LogP contribution in [-0.2, 0) is 5.54 Å². The molecule has 0 saturated heterocycles. The second kappa shape index (κ2) is 7.77. The van der Waals surface area contributed by atoms with Crippen LogP contribution in [0.4, 0.5) is 4.39 Å². The molecule has 2 aliphatic rings. The SMILES string of the molecule is C[C@@]1(c2ccccn2)c2ccc(F)cc2OC/C=C\CN2CN1n1ccc(=O)c(O)c1C2=O. The first-order valence-electron chi connectivity index (χ1n) is 10.4. The number of ether oxygens (including phenoxy) is 1. The lowest BCUT2D eigenvalue weighted by Gasteiger charge is -2.49. The van der Waals surface area contributed by atoms with Crippen LogP contribution in [-0.4, -0.2) is 45.4 Å². The Morgan fingerprint density at radius 1 is 1.15 bits per heavy atom. The van der Waals surface area contributed by atoms with Crippen molar-refractivity contribution in [1.29, 1.82) is 0 Å². The molecule has 0 saturated carbocycles. The van der Waals surface area contributed by atoms with E-state index in [1.807, 2.05) is 24.1 Å². The van der Waals surface area contributed by atoms with E-state index in [0.717, 1.165) is 0 Å². The van der Waals surface area contributed by atoms with Gasteiger partial charge in [-0.15, -0.1) is 0 Å². The van der Waals surface area contributed by atoms with E-state index in [1.165, 1.54) is 34.0 Å². The van der Waals surface area contributed by atoms with E-state index in [2.05, 4.69) is 4.98 Å². The van der Waals surface area contributed by atoms with E-state index < -0.39 is 28.4 Å². The van der Waals surface area contributed by atoms with Crippen LogP contribution in [0.5, 0.6) is 11.5 Å². The molecule has 1 aromatic carbocycles. The fraction of sp³-hybridized carbons (Fsp3) is 0.208. The van der Waals surface area contributed by atoms with E-state index in [0.29, 0.717) is 17.0 Å². The Balaban J connectivity index is 1.86. The van der Waals surface area contributed by atoms with Crippen LogP contribution in [0.25, 0.3) is 0 Å². The number of aromatic hydroxyl groups is 1. The van der Waals surface area contributed by atoms with Crippen molar-refractivity contribution in [3.05, 3.63) is 100 Å². The largest absolute Gasteiger partial charge is 0.502 e. The quantitative estimate of drug-likeness (QED) is 0.575. The lowest BCUT2D eigenvalue weighted by Crippen LogP contribution is -2.62. The number of amides is 1. The normalized spacial score (nSPS) is 20.8. The number of benzene rings is 1. The Bertz CT molecular complexity index is 1320. The maximum atomic E-state index is 14.2. The summed E-state index contributed by atoms with van der Waals surface area (Å²) in [7, 11) is 0. The van der Waals surface area contributed by atoms with Gasteiger partial charge in [-0.3, -0.25) is 24.3 Å². The standard InChI is InChI=1S/C24H21FN4O4/c1-24(20-6-2-3-10-26-20)17-8-7-16(25)14-19(17)33-13-5-4-11-27-15-29(24)28-12-9-18(30)22(31)21(28)23(27)32/h2-10,12,14,31H,11,13,15H2,1H3/b5-4-/t24-/m0/s1. The van der Waals surface area contributed by atoms with Gasteiger partial charge in [0, 0.05) is 36.6 Å². The first kappa shape index (κ1) is 20.7. The van der Waals surface area contributed by atoms with Gasteiger partial charge in [0.15, 0.2) is 11.4 Å². The van der Waals surface area contributed by atoms with Crippen molar-refractivity contribution in [3.63, 3.8) is 0 Å². The Kier molecular flexibility index (Phi) is 4.88. The van der Waals surface area contributed by atoms with Gasteiger partial charge in [-0.2, -0.15) is 0 Å². The predicted octanol–water partition coefficient (Wildman–Crippen LogP) is 2.35. The summed E-state index contributed by atoms with van der Waals surface area (Å²) in [5, 5.41) is 12.4. The van der Waals surface area contributed by atoms with Crippen molar-refractivity contribution >= 4 is 5.91 Å². The van der Waals surface area contributed by atoms with Crippen LogP contribution >= 0.6 is 0 Å². The van der Waals surface area contributed by atoms with E-state index >= 15 is 0 Å². The minimum atomic E-state index is -1.08. The first-order valence-corrected chi connectivity index (χ1v) is 10.4. The van der Waals surface area contributed by atoms with Crippen LogP contribution < -0.4 is 15.2 Å². The van der Waals surface area contributed by atoms with Crippen molar-refractivity contribution in [2.75, 3.05) is 24.8 Å². The first-order chi connectivity index (χ1) is 15.9. The number of hydrogen-bond acceptors (Lipinski definition) is 6. The third kappa shape index (κ3) is 3.24. The highest BCUT2D eigenvalue weighted by molar-refractivity contribution is 5.96. The number of rotatable bonds is 1. The van der Waals surface area contributed by atoms with Gasteiger partial charge in [0.25, 0.3) is 5.91 Å². The Morgan fingerprint density at radius 3 is 2.79 bits per heavy atom. The fourth-order valence-corrected chi connectivity index (χ4v) is 4.34. The number of hydrogen-bond donors (Lipinski definition) is 1. The summed E-state index contributed by atoms with van der Waals surface area (Å²) in [6.07, 6.45) is 6.59. The van der Waals surface area contributed by atoms with Crippen molar-refractivity contribution < 1.29 is 19.0 Å². The molecule has 1 amide bonds. The molecule has 0 aliphatic carbocycles. The molecule has 1 atom stereocenters. The molecule has 8 nitrogen and oxygen atoms in total. The molecule has 0 spiro atoms. The van der Waals surface area contributed by atoms with Gasteiger partial charge in [0.1, 0.15) is 30.4 Å². The minimum Gasteiger partial charge on any atom is -0.502 e. The van der Waals surface area contributed by atoms with Crippen LogP contribution in [0.2, 0.25) is 0 Å². The zero-order chi connectivity index (χ0) is 23.2. The minimum absolute atomic E-state index is 0.113. The van der Waals surface area contributed by atoms with Crippen molar-refractivity contribution in [3.8, 4) is 11.5 Å². The summed E-state index contributed by atoms with van der Waals surface area (Å²) in [5.74, 6) is -1.23. The number of pyridine rings is 2. The predicted molar refractivity (Wildman–Crippen MR) is 118 cm³/mol. The molecule has 4 heterocycles. The van der Waals surface area contributed by atoms with E-state index in [1.54, 1.807) is 30.5 Å². The molecule has 168 valence electrons. The van der Waals surface area contributed by atoms with Crippen LogP contribution in [0.3, 0.4) is 0 Å². The molecule has 9 heteroatoms. The van der Waals surface area contributed by atoms with Gasteiger partial charge >= 0.3 is 0 Å². The summed E-state index contributed by atoms with van der Waals surface area (Å²) >= 11 is 0. The van der Waals surface area contributed by atoms with E-state index in [-0.39, 0.29) is 25.5 Å². The summed E-state index contributed by atoms with van der Waals surface area (Å²) in [4.78, 5) is 31.5. The van der Waals surface area contributed by atoms with E-state index in [9.17, 15) is 19.1 Å². The number of nitrogens with zero attached hydrogens (tertiary/aromatic N) is 4. The number of fused-ring (bicyclic) bond motifs is 5. The van der Waals surface area contributed by atoms with Crippen LogP contribution in [0, 0.1) is 5.82 Å². The van der Waals surface area contributed by atoms with Crippen LogP contribution in [0.15, 0.2) is 71.8 Å². The third-order valence-corrected chi connectivity index (χ3v) is 6.08. The monoisotopic (exact) mass is 448 g/mol. The number of carbonyl (C=O) groups is 1. The topological polar surface area (TPSA) is 87.9 Å². The average Bonchev–Trinajstić information content (AvgIpc) is 2.84. The second-order valence-electron chi connectivity index (χ2n) is 8.00. The molecule has 2 aliphatic heterocycles. The smallest absolute Gasteiger partial charge is 0.278 e. The maximum Gasteiger partial charge on any atom is 0.278 e. The molecule has 1 N–H and O–H groups in total. The maximum absolute atomic E-state index is 14.2. The highest BCUT2D eigenvalue weighted by Crippen LogP contribution is 2.41. The molecule has 2 bridgehead atoms. The molecule has 2 aromatic heterocycles. The van der Waals surface area contributed by atoms with Crippen molar-refractivity contribution in [2.24, 2.45) is 0 Å². The summed E-state index contributed by atoms with van der Waals surface area (Å²) < 4.78 is 21.6. The summed E-state index contributed by atoms with van der Waals surface area (Å²) in [6.45, 7) is 2.40. The van der Waals surface area contributed by atoms with Gasteiger partial charge < -0.3 is 14.7 Å². The van der Waals surface area contributed by atoms with Gasteiger partial charge in [-0.1, -0.05) is 12.1 Å². The fourth-order valence-electron chi connectivity index (χ4n) is 4.34.